The van der Waals surface area contributed by atoms with Gasteiger partial charge in [0, 0.05) is 26.3 Å². The van der Waals surface area contributed by atoms with Crippen LogP contribution in [0.1, 0.15) is 18.9 Å². The molecule has 0 fully saturated rings. The van der Waals surface area contributed by atoms with E-state index in [1.807, 2.05) is 0 Å². The minimum atomic E-state index is 0.0289. The van der Waals surface area contributed by atoms with Gasteiger partial charge < -0.3 is 24.6 Å². The minimum Gasteiger partial charge on any atom is -0.502 e. The number of ether oxygens (including phenoxy) is 3. The molecule has 0 amide bonds. The van der Waals surface area contributed by atoms with Gasteiger partial charge in [-0.05, 0) is 31.0 Å². The average Bonchev–Trinajstić information content (AvgIpc) is 2.43. The van der Waals surface area contributed by atoms with Crippen molar-refractivity contribution in [3.05, 3.63) is 17.7 Å². The first-order valence-electron chi connectivity index (χ1n) is 6.28. The summed E-state index contributed by atoms with van der Waals surface area (Å²) >= 11 is 0. The molecule has 0 radical (unpaired) electrons. The monoisotopic (exact) mass is 269 g/mol. The Labute approximate surface area is 114 Å². The number of hydrogen-bond donors (Lipinski definition) is 2. The van der Waals surface area contributed by atoms with E-state index in [9.17, 15) is 5.11 Å². The second-order valence-corrected chi connectivity index (χ2v) is 4.41. The zero-order valence-corrected chi connectivity index (χ0v) is 12.0. The van der Waals surface area contributed by atoms with Crippen molar-refractivity contribution in [3.8, 4) is 17.2 Å². The molecule has 0 spiro atoms. The standard InChI is InChI=1S/C14H23NO4/c1-10(5-6-17-2)15-9-11-7-12(18-3)14(16)13(8-11)19-4/h7-8,10,15-16H,5-6,9H2,1-4H3. The topological polar surface area (TPSA) is 60.0 Å². The number of rotatable bonds is 8. The SMILES string of the molecule is COCCC(C)NCc1cc(OC)c(O)c(OC)c1. The van der Waals surface area contributed by atoms with E-state index in [0.717, 1.165) is 18.6 Å². The lowest BCUT2D eigenvalue weighted by Gasteiger charge is -2.15. The maximum absolute atomic E-state index is 9.82. The molecule has 2 N–H and O–H groups in total. The van der Waals surface area contributed by atoms with Crippen LogP contribution in [0.15, 0.2) is 12.1 Å². The molecule has 0 bridgehead atoms. The van der Waals surface area contributed by atoms with Crippen molar-refractivity contribution in [3.63, 3.8) is 0 Å². The van der Waals surface area contributed by atoms with Crippen LogP contribution in [0.2, 0.25) is 0 Å². The molecule has 1 aromatic carbocycles. The molecule has 0 aliphatic heterocycles. The fourth-order valence-corrected chi connectivity index (χ4v) is 1.74. The molecule has 0 saturated carbocycles. The van der Waals surface area contributed by atoms with Gasteiger partial charge in [0.1, 0.15) is 0 Å². The Morgan fingerprint density at radius 1 is 1.16 bits per heavy atom. The van der Waals surface area contributed by atoms with Crippen molar-refractivity contribution < 1.29 is 19.3 Å². The second-order valence-electron chi connectivity index (χ2n) is 4.41. The third-order valence-electron chi connectivity index (χ3n) is 2.95. The Bertz CT molecular complexity index is 370. The van der Waals surface area contributed by atoms with Crippen LogP contribution in [0.25, 0.3) is 0 Å². The molecule has 1 aromatic rings. The quantitative estimate of drug-likeness (QED) is 0.755. The fourth-order valence-electron chi connectivity index (χ4n) is 1.74. The molecule has 0 saturated heterocycles. The summed E-state index contributed by atoms with van der Waals surface area (Å²) in [4.78, 5) is 0. The van der Waals surface area contributed by atoms with Crippen molar-refractivity contribution >= 4 is 0 Å². The Kier molecular flexibility index (Phi) is 6.45. The van der Waals surface area contributed by atoms with Crippen LogP contribution in [0, 0.1) is 0 Å². The van der Waals surface area contributed by atoms with Crippen LogP contribution in [-0.4, -0.2) is 39.1 Å². The highest BCUT2D eigenvalue weighted by atomic mass is 16.5. The molecule has 0 aliphatic rings. The zero-order valence-electron chi connectivity index (χ0n) is 12.0. The van der Waals surface area contributed by atoms with E-state index in [0.29, 0.717) is 24.1 Å². The van der Waals surface area contributed by atoms with Gasteiger partial charge >= 0.3 is 0 Å². The second kappa shape index (κ2) is 7.86. The third kappa shape index (κ3) is 4.61. The van der Waals surface area contributed by atoms with Crippen LogP contribution in [0.3, 0.4) is 0 Å². The van der Waals surface area contributed by atoms with Gasteiger partial charge in [-0.2, -0.15) is 0 Å². The van der Waals surface area contributed by atoms with Gasteiger partial charge in [0.15, 0.2) is 11.5 Å². The lowest BCUT2D eigenvalue weighted by molar-refractivity contribution is 0.184. The molecule has 1 atom stereocenters. The van der Waals surface area contributed by atoms with Crippen molar-refractivity contribution in [1.82, 2.24) is 5.32 Å². The van der Waals surface area contributed by atoms with Crippen LogP contribution in [0.4, 0.5) is 0 Å². The zero-order chi connectivity index (χ0) is 14.3. The van der Waals surface area contributed by atoms with Crippen molar-refractivity contribution in [2.45, 2.75) is 25.9 Å². The van der Waals surface area contributed by atoms with Gasteiger partial charge in [0.25, 0.3) is 0 Å². The summed E-state index contributed by atoms with van der Waals surface area (Å²) < 4.78 is 15.3. The first-order chi connectivity index (χ1) is 9.12. The van der Waals surface area contributed by atoms with E-state index in [-0.39, 0.29) is 5.75 Å². The van der Waals surface area contributed by atoms with E-state index in [2.05, 4.69) is 12.2 Å². The van der Waals surface area contributed by atoms with Gasteiger partial charge in [-0.15, -0.1) is 0 Å². The van der Waals surface area contributed by atoms with E-state index in [1.54, 1.807) is 19.2 Å². The molecule has 0 heterocycles. The molecule has 1 unspecified atom stereocenters. The predicted octanol–water partition coefficient (Wildman–Crippen LogP) is 1.92. The lowest BCUT2D eigenvalue weighted by atomic mass is 10.1. The summed E-state index contributed by atoms with van der Waals surface area (Å²) in [7, 11) is 4.74. The van der Waals surface area contributed by atoms with Crippen LogP contribution >= 0.6 is 0 Å². The summed E-state index contributed by atoms with van der Waals surface area (Å²) in [5.74, 6) is 0.863. The third-order valence-corrected chi connectivity index (χ3v) is 2.95. The molecule has 5 nitrogen and oxygen atoms in total. The summed E-state index contributed by atoms with van der Waals surface area (Å²) in [6.07, 6.45) is 0.947. The average molecular weight is 269 g/mol. The maximum atomic E-state index is 9.82. The molecule has 5 heteroatoms. The van der Waals surface area contributed by atoms with Crippen LogP contribution < -0.4 is 14.8 Å². The van der Waals surface area contributed by atoms with Gasteiger partial charge in [-0.1, -0.05) is 0 Å². The van der Waals surface area contributed by atoms with Crippen LogP contribution in [-0.2, 0) is 11.3 Å². The smallest absolute Gasteiger partial charge is 0.200 e. The predicted molar refractivity (Wildman–Crippen MR) is 74.0 cm³/mol. The van der Waals surface area contributed by atoms with Crippen molar-refractivity contribution in [2.75, 3.05) is 27.9 Å². The van der Waals surface area contributed by atoms with E-state index < -0.39 is 0 Å². The maximum Gasteiger partial charge on any atom is 0.200 e. The number of hydrogen-bond acceptors (Lipinski definition) is 5. The molecule has 0 aromatic heterocycles. The lowest BCUT2D eigenvalue weighted by Crippen LogP contribution is -2.26. The highest BCUT2D eigenvalue weighted by Gasteiger charge is 2.11. The van der Waals surface area contributed by atoms with E-state index in [4.69, 9.17) is 14.2 Å². The Balaban J connectivity index is 2.68. The number of phenolic OH excluding ortho intramolecular Hbond substituents is 1. The Hall–Kier alpha value is -1.46. The molecule has 0 aliphatic carbocycles. The molecule has 19 heavy (non-hydrogen) atoms. The molecular weight excluding hydrogens is 246 g/mol. The number of aromatic hydroxyl groups is 1. The highest BCUT2D eigenvalue weighted by molar-refractivity contribution is 5.52. The first kappa shape index (κ1) is 15.6. The van der Waals surface area contributed by atoms with Gasteiger partial charge in [-0.25, -0.2) is 0 Å². The highest BCUT2D eigenvalue weighted by Crippen LogP contribution is 2.36. The number of phenols is 1. The van der Waals surface area contributed by atoms with Gasteiger partial charge in [-0.3, -0.25) is 0 Å². The summed E-state index contributed by atoms with van der Waals surface area (Å²) in [5, 5.41) is 13.2. The van der Waals surface area contributed by atoms with Crippen molar-refractivity contribution in [2.24, 2.45) is 0 Å². The fraction of sp³-hybridized carbons (Fsp3) is 0.571. The summed E-state index contributed by atoms with van der Waals surface area (Å²) in [6.45, 7) is 3.52. The van der Waals surface area contributed by atoms with Crippen molar-refractivity contribution in [1.29, 1.82) is 0 Å². The molecule has 1 rings (SSSR count). The number of benzene rings is 1. The normalized spacial score (nSPS) is 12.2. The molecule has 108 valence electrons. The van der Waals surface area contributed by atoms with E-state index >= 15 is 0 Å². The Morgan fingerprint density at radius 2 is 1.74 bits per heavy atom. The first-order valence-corrected chi connectivity index (χ1v) is 6.28. The largest absolute Gasteiger partial charge is 0.502 e. The van der Waals surface area contributed by atoms with Crippen LogP contribution in [0.5, 0.6) is 17.2 Å². The number of methoxy groups -OCH3 is 3. The minimum absolute atomic E-state index is 0.0289. The van der Waals surface area contributed by atoms with Gasteiger partial charge in [0.05, 0.1) is 14.2 Å². The number of nitrogens with one attached hydrogen (secondary N) is 1. The molecular formula is C14H23NO4. The Morgan fingerprint density at radius 3 is 2.21 bits per heavy atom. The van der Waals surface area contributed by atoms with Gasteiger partial charge in [0.2, 0.25) is 5.75 Å². The summed E-state index contributed by atoms with van der Waals surface area (Å²) in [6, 6.07) is 3.95. The summed E-state index contributed by atoms with van der Waals surface area (Å²) in [5.41, 5.74) is 0.996. The van der Waals surface area contributed by atoms with E-state index in [1.165, 1.54) is 14.2 Å².